The number of methoxy groups -OCH3 is 2. The van der Waals surface area contributed by atoms with Crippen molar-refractivity contribution in [3.05, 3.63) is 72.0 Å². The van der Waals surface area contributed by atoms with E-state index in [0.717, 1.165) is 17.4 Å². The number of amides is 1. The molecule has 0 fully saturated rings. The largest absolute Gasteiger partial charge is 0.493 e. The van der Waals surface area contributed by atoms with Gasteiger partial charge in [-0.05, 0) is 48.7 Å². The lowest BCUT2D eigenvalue weighted by Crippen LogP contribution is -2.23. The van der Waals surface area contributed by atoms with E-state index in [1.54, 1.807) is 26.4 Å². The lowest BCUT2D eigenvalue weighted by atomic mass is 10.1. The van der Waals surface area contributed by atoms with E-state index >= 15 is 0 Å². The van der Waals surface area contributed by atoms with E-state index < -0.39 is 0 Å². The average molecular weight is 504 g/mol. The lowest BCUT2D eigenvalue weighted by Gasteiger charge is -2.09. The quantitative estimate of drug-likeness (QED) is 0.143. The van der Waals surface area contributed by atoms with Crippen LogP contribution in [0.5, 0.6) is 17.2 Å². The fourth-order valence-corrected chi connectivity index (χ4v) is 3.51. The van der Waals surface area contributed by atoms with Gasteiger partial charge in [0.1, 0.15) is 5.76 Å². The Hall–Kier alpha value is -3.09. The van der Waals surface area contributed by atoms with Gasteiger partial charge in [-0.1, -0.05) is 35.9 Å². The van der Waals surface area contributed by atoms with Gasteiger partial charge in [0, 0.05) is 23.9 Å². The van der Waals surface area contributed by atoms with E-state index in [4.69, 9.17) is 41.8 Å². The van der Waals surface area contributed by atoms with Crippen LogP contribution in [-0.4, -0.2) is 39.2 Å². The molecule has 0 aliphatic heterocycles. The van der Waals surface area contributed by atoms with Crippen LogP contribution in [0.25, 0.3) is 16.0 Å². The summed E-state index contributed by atoms with van der Waals surface area (Å²) in [5, 5.41) is 4.09. The van der Waals surface area contributed by atoms with Gasteiger partial charge in [0.15, 0.2) is 22.8 Å². The zero-order valence-corrected chi connectivity index (χ0v) is 20.6. The number of ether oxygens (including phenoxy) is 3. The molecule has 0 atom stereocenters. The number of nitrogens with one attached hydrogen (secondary N) is 1. The van der Waals surface area contributed by atoms with Crippen molar-refractivity contribution < 1.29 is 23.4 Å². The molecule has 0 bridgehead atoms. The standard InChI is InChI=1S/C26H27Cl2NO5/c1-31-21-11-10-18(16-24(21)32-2)12-14-29-25(30)9-4-7-20(28)23-17-19-6-3-8-22(26(19)34-23)33-15-5-13-27/h3-4,6-11,16-17H,5,12-15H2,1-2H3,(H,29,30). The second-order valence-corrected chi connectivity index (χ2v) is 8.07. The van der Waals surface area contributed by atoms with Crippen LogP contribution < -0.4 is 19.5 Å². The summed E-state index contributed by atoms with van der Waals surface area (Å²) in [6.45, 7) is 0.984. The molecule has 0 radical (unpaired) electrons. The topological polar surface area (TPSA) is 69.9 Å². The zero-order valence-electron chi connectivity index (χ0n) is 19.1. The molecule has 0 saturated carbocycles. The van der Waals surface area contributed by atoms with Gasteiger partial charge in [0.25, 0.3) is 0 Å². The van der Waals surface area contributed by atoms with E-state index in [2.05, 4.69) is 5.32 Å². The molecule has 1 amide bonds. The summed E-state index contributed by atoms with van der Waals surface area (Å²) in [6, 6.07) is 13.2. The first-order valence-corrected chi connectivity index (χ1v) is 11.7. The number of halogens is 2. The minimum absolute atomic E-state index is 0.222. The molecule has 8 heteroatoms. The minimum atomic E-state index is -0.222. The van der Waals surface area contributed by atoms with E-state index in [-0.39, 0.29) is 5.91 Å². The molecule has 0 unspecified atom stereocenters. The molecule has 1 aromatic heterocycles. The van der Waals surface area contributed by atoms with Crippen LogP contribution >= 0.6 is 23.2 Å². The van der Waals surface area contributed by atoms with Gasteiger partial charge in [0.05, 0.1) is 25.9 Å². The first-order chi connectivity index (χ1) is 16.5. The van der Waals surface area contributed by atoms with Gasteiger partial charge in [-0.2, -0.15) is 0 Å². The smallest absolute Gasteiger partial charge is 0.243 e. The summed E-state index contributed by atoms with van der Waals surface area (Å²) in [4.78, 5) is 12.1. The van der Waals surface area contributed by atoms with Crippen LogP contribution in [0.15, 0.2) is 65.1 Å². The molecule has 0 aliphatic carbocycles. The molecule has 2 aromatic carbocycles. The number of fused-ring (bicyclic) bond motifs is 1. The Morgan fingerprint density at radius 2 is 1.91 bits per heavy atom. The number of carbonyl (C=O) groups excluding carboxylic acids is 1. The molecule has 0 aliphatic rings. The lowest BCUT2D eigenvalue weighted by molar-refractivity contribution is -0.116. The molecule has 1 N–H and O–H groups in total. The maximum Gasteiger partial charge on any atom is 0.243 e. The van der Waals surface area contributed by atoms with Crippen LogP contribution in [-0.2, 0) is 11.2 Å². The first-order valence-electron chi connectivity index (χ1n) is 10.8. The normalized spacial score (nSPS) is 11.7. The average Bonchev–Trinajstić information content (AvgIpc) is 3.29. The van der Waals surface area contributed by atoms with Crippen LogP contribution in [0.1, 0.15) is 17.7 Å². The Morgan fingerprint density at radius 3 is 2.68 bits per heavy atom. The Kier molecular flexibility index (Phi) is 9.74. The SMILES string of the molecule is COc1ccc(CCNC(=O)C=CC=C(Cl)c2cc3cccc(OCCCCl)c3o2)cc1OC. The second kappa shape index (κ2) is 13.0. The van der Waals surface area contributed by atoms with E-state index in [1.165, 1.54) is 6.08 Å². The van der Waals surface area contributed by atoms with Crippen molar-refractivity contribution in [2.75, 3.05) is 33.3 Å². The second-order valence-electron chi connectivity index (χ2n) is 7.28. The van der Waals surface area contributed by atoms with Crippen molar-refractivity contribution in [1.82, 2.24) is 5.32 Å². The summed E-state index contributed by atoms with van der Waals surface area (Å²) >= 11 is 12.1. The van der Waals surface area contributed by atoms with Gasteiger partial charge in [-0.15, -0.1) is 11.6 Å². The molecule has 0 saturated heterocycles. The summed E-state index contributed by atoms with van der Waals surface area (Å²) in [6.07, 6.45) is 6.01. The highest BCUT2D eigenvalue weighted by Crippen LogP contribution is 2.33. The van der Waals surface area contributed by atoms with E-state index in [1.807, 2.05) is 42.5 Å². The highest BCUT2D eigenvalue weighted by atomic mass is 35.5. The summed E-state index contributed by atoms with van der Waals surface area (Å²) in [7, 11) is 3.18. The summed E-state index contributed by atoms with van der Waals surface area (Å²) in [5.74, 6) is 2.77. The Bertz CT molecular complexity index is 1170. The van der Waals surface area contributed by atoms with Crippen LogP contribution in [0.2, 0.25) is 0 Å². The van der Waals surface area contributed by atoms with Crippen molar-refractivity contribution in [2.45, 2.75) is 12.8 Å². The first kappa shape index (κ1) is 25.5. The highest BCUT2D eigenvalue weighted by Gasteiger charge is 2.11. The van der Waals surface area contributed by atoms with Crippen molar-refractivity contribution >= 4 is 45.1 Å². The fourth-order valence-electron chi connectivity index (χ4n) is 3.23. The van der Waals surface area contributed by atoms with Crippen molar-refractivity contribution in [3.63, 3.8) is 0 Å². The van der Waals surface area contributed by atoms with Crippen molar-refractivity contribution in [3.8, 4) is 17.2 Å². The molecule has 3 aromatic rings. The number of para-hydroxylation sites is 1. The van der Waals surface area contributed by atoms with Crippen LogP contribution in [0, 0.1) is 0 Å². The molecule has 1 heterocycles. The number of alkyl halides is 1. The fraction of sp³-hybridized carbons (Fsp3) is 0.269. The van der Waals surface area contributed by atoms with Crippen LogP contribution in [0.4, 0.5) is 0 Å². The number of rotatable bonds is 12. The van der Waals surface area contributed by atoms with Gasteiger partial charge in [-0.3, -0.25) is 4.79 Å². The molecule has 3 rings (SSSR count). The maximum absolute atomic E-state index is 12.1. The zero-order chi connectivity index (χ0) is 24.3. The monoisotopic (exact) mass is 503 g/mol. The third-order valence-corrected chi connectivity index (χ3v) is 5.51. The minimum Gasteiger partial charge on any atom is -0.493 e. The molecule has 6 nitrogen and oxygen atoms in total. The van der Waals surface area contributed by atoms with Crippen LogP contribution in [0.3, 0.4) is 0 Å². The van der Waals surface area contributed by atoms with Gasteiger partial charge in [-0.25, -0.2) is 0 Å². The number of benzene rings is 2. The van der Waals surface area contributed by atoms with Gasteiger partial charge < -0.3 is 23.9 Å². The molecular weight excluding hydrogens is 477 g/mol. The maximum atomic E-state index is 12.1. The van der Waals surface area contributed by atoms with E-state index in [9.17, 15) is 4.79 Å². The Balaban J connectivity index is 1.55. The number of allylic oxidation sites excluding steroid dienone is 2. The summed E-state index contributed by atoms with van der Waals surface area (Å²) < 4.78 is 22.2. The van der Waals surface area contributed by atoms with E-state index in [0.29, 0.717) is 59.1 Å². The third-order valence-electron chi connectivity index (χ3n) is 4.93. The third kappa shape index (κ3) is 6.95. The highest BCUT2D eigenvalue weighted by molar-refractivity contribution is 6.48. The predicted octanol–water partition coefficient (Wildman–Crippen LogP) is 5.95. The number of carbonyl (C=O) groups is 1. The van der Waals surface area contributed by atoms with Gasteiger partial charge in [0.2, 0.25) is 5.91 Å². The molecule has 0 spiro atoms. The Labute approximate surface area is 209 Å². The number of hydrogen-bond acceptors (Lipinski definition) is 5. The van der Waals surface area contributed by atoms with Crippen molar-refractivity contribution in [1.29, 1.82) is 0 Å². The molecule has 180 valence electrons. The molecule has 34 heavy (non-hydrogen) atoms. The Morgan fingerprint density at radius 1 is 1.09 bits per heavy atom. The molecular formula is C26H27Cl2NO5. The van der Waals surface area contributed by atoms with Gasteiger partial charge >= 0.3 is 0 Å². The predicted molar refractivity (Wildman–Crippen MR) is 136 cm³/mol. The summed E-state index contributed by atoms with van der Waals surface area (Å²) in [5.41, 5.74) is 1.65. The van der Waals surface area contributed by atoms with Crippen molar-refractivity contribution in [2.24, 2.45) is 0 Å². The number of hydrogen-bond donors (Lipinski definition) is 1. The number of furan rings is 1.